The summed E-state index contributed by atoms with van der Waals surface area (Å²) in [6.07, 6.45) is 8.01. The van der Waals surface area contributed by atoms with E-state index >= 15 is 0 Å². The Morgan fingerprint density at radius 3 is 2.64 bits per heavy atom. The molecular weight excluding hydrogens is 569 g/mol. The molecule has 3 aromatic rings. The molecule has 6 atom stereocenters. The first-order valence-corrected chi connectivity index (χ1v) is 16.1. The molecule has 4 fully saturated rings. The molecule has 2 amide bonds. The molecular formula is C34H42BN5O5. The molecule has 0 spiro atoms. The number of hydrogen-bond acceptors (Lipinski definition) is 7. The Morgan fingerprint density at radius 1 is 1.09 bits per heavy atom. The minimum atomic E-state index is -1.28. The molecule has 1 saturated heterocycles. The SMILES string of the molecule is CC(C)[C@H](NC(=O)C1(Cc2ccccc2)CC(CNC(=O)c2cccn3ccnc23)=NO1)B1O[C@@H]2C[C@@H]3C[C@@H](C3(C)C)[C@]2(C)O1. The van der Waals surface area contributed by atoms with Crippen LogP contribution in [0.1, 0.15) is 69.8 Å². The fourth-order valence-corrected chi connectivity index (χ4v) is 8.15. The van der Waals surface area contributed by atoms with Gasteiger partial charge in [0, 0.05) is 31.4 Å². The normalized spacial score (nSPS) is 30.3. The van der Waals surface area contributed by atoms with Gasteiger partial charge in [0.25, 0.3) is 11.8 Å². The molecule has 4 heterocycles. The zero-order valence-electron chi connectivity index (χ0n) is 26.7. The lowest BCUT2D eigenvalue weighted by atomic mass is 9.43. The Kier molecular flexibility index (Phi) is 7.32. The lowest BCUT2D eigenvalue weighted by Crippen LogP contribution is -2.65. The van der Waals surface area contributed by atoms with Crippen molar-refractivity contribution in [3.63, 3.8) is 0 Å². The third-order valence-corrected chi connectivity index (χ3v) is 11.0. The van der Waals surface area contributed by atoms with Crippen molar-refractivity contribution >= 4 is 30.3 Å². The number of amides is 2. The number of hydrogen-bond donors (Lipinski definition) is 2. The molecule has 2 N–H and O–H groups in total. The van der Waals surface area contributed by atoms with Gasteiger partial charge < -0.3 is 29.2 Å². The van der Waals surface area contributed by atoms with Crippen molar-refractivity contribution in [3.05, 3.63) is 72.2 Å². The number of imidazole rings is 1. The van der Waals surface area contributed by atoms with Crippen LogP contribution in [0.15, 0.2) is 66.2 Å². The van der Waals surface area contributed by atoms with Gasteiger partial charge in [0.2, 0.25) is 5.60 Å². The highest BCUT2D eigenvalue weighted by Gasteiger charge is 2.68. The minimum Gasteiger partial charge on any atom is -0.404 e. The Hall–Kier alpha value is -3.70. The molecule has 1 aromatic carbocycles. The van der Waals surface area contributed by atoms with Crippen LogP contribution in [0.2, 0.25) is 0 Å². The van der Waals surface area contributed by atoms with E-state index in [1.165, 1.54) is 0 Å². The molecule has 1 unspecified atom stereocenters. The third-order valence-electron chi connectivity index (χ3n) is 11.0. The van der Waals surface area contributed by atoms with E-state index in [-0.39, 0.29) is 53.8 Å². The van der Waals surface area contributed by atoms with Crippen LogP contribution in [0, 0.1) is 23.2 Å². The average Bonchev–Trinajstić information content (AvgIpc) is 3.75. The van der Waals surface area contributed by atoms with E-state index in [1.54, 1.807) is 28.9 Å². The molecule has 5 aliphatic rings. The zero-order chi connectivity index (χ0) is 31.6. The van der Waals surface area contributed by atoms with Crippen LogP contribution in [0.25, 0.3) is 5.65 Å². The highest BCUT2D eigenvalue weighted by Crippen LogP contribution is 2.65. The molecule has 11 heteroatoms. The van der Waals surface area contributed by atoms with Crippen LogP contribution in [0.4, 0.5) is 0 Å². The summed E-state index contributed by atoms with van der Waals surface area (Å²) in [6.45, 7) is 11.2. The topological polar surface area (TPSA) is 116 Å². The average molecular weight is 612 g/mol. The summed E-state index contributed by atoms with van der Waals surface area (Å²) in [5, 5.41) is 10.6. The number of oxime groups is 1. The monoisotopic (exact) mass is 611 g/mol. The first kappa shape index (κ1) is 30.0. The molecule has 8 rings (SSSR count). The summed E-state index contributed by atoms with van der Waals surface area (Å²) in [5.74, 6) is 0.192. The molecule has 0 radical (unpaired) electrons. The van der Waals surface area contributed by atoms with E-state index in [0.29, 0.717) is 35.2 Å². The third kappa shape index (κ3) is 5.04. The van der Waals surface area contributed by atoms with Crippen LogP contribution >= 0.6 is 0 Å². The van der Waals surface area contributed by atoms with Crippen molar-refractivity contribution in [2.75, 3.05) is 6.54 Å². The zero-order valence-corrected chi connectivity index (χ0v) is 26.7. The smallest absolute Gasteiger partial charge is 0.404 e. The molecule has 2 aromatic heterocycles. The summed E-state index contributed by atoms with van der Waals surface area (Å²) in [7, 11) is -0.556. The van der Waals surface area contributed by atoms with Gasteiger partial charge >= 0.3 is 7.12 Å². The van der Waals surface area contributed by atoms with Crippen molar-refractivity contribution in [2.24, 2.45) is 28.3 Å². The molecule has 236 valence electrons. The number of fused-ring (bicyclic) bond motifs is 1. The molecule has 2 aliphatic heterocycles. The number of nitrogens with zero attached hydrogens (tertiary/aromatic N) is 3. The van der Waals surface area contributed by atoms with E-state index in [4.69, 9.17) is 14.1 Å². The number of nitrogens with one attached hydrogen (secondary N) is 2. The van der Waals surface area contributed by atoms with Crippen molar-refractivity contribution in [3.8, 4) is 0 Å². The molecule has 45 heavy (non-hydrogen) atoms. The first-order chi connectivity index (χ1) is 21.5. The summed E-state index contributed by atoms with van der Waals surface area (Å²) in [4.78, 5) is 37.8. The summed E-state index contributed by atoms with van der Waals surface area (Å²) < 4.78 is 15.2. The number of carbonyl (C=O) groups excluding carboxylic acids is 2. The highest BCUT2D eigenvalue weighted by molar-refractivity contribution is 6.48. The van der Waals surface area contributed by atoms with Gasteiger partial charge in [0.15, 0.2) is 0 Å². The van der Waals surface area contributed by atoms with Gasteiger partial charge in [-0.05, 0) is 60.6 Å². The van der Waals surface area contributed by atoms with Gasteiger partial charge in [0.1, 0.15) is 5.65 Å². The summed E-state index contributed by atoms with van der Waals surface area (Å²) in [5.41, 5.74) is 1.14. The standard InChI is InChI=1S/C34H42BN5O5/c1-21(2)28(35-43-27-17-23-16-26(32(23,3)4)33(27,5)44-35)38-31(42)34(18-22-10-7-6-8-11-22)19-24(39-45-34)20-37-30(41)25-12-9-14-40-15-13-36-29(25)40/h6-15,21,23,26-28H,16-20H2,1-5H3,(H,37,41)(H,38,42)/t23-,26-,27+,28-,33-,34?/m0/s1. The van der Waals surface area contributed by atoms with Crippen molar-refractivity contribution < 1.29 is 23.7 Å². The molecule has 3 saturated carbocycles. The van der Waals surface area contributed by atoms with E-state index in [0.717, 1.165) is 18.4 Å². The van der Waals surface area contributed by atoms with Crippen LogP contribution in [0.5, 0.6) is 0 Å². The number of pyridine rings is 1. The Morgan fingerprint density at radius 2 is 1.89 bits per heavy atom. The van der Waals surface area contributed by atoms with Gasteiger partial charge in [0.05, 0.1) is 35.5 Å². The van der Waals surface area contributed by atoms with Gasteiger partial charge in [-0.2, -0.15) is 0 Å². The molecule has 10 nitrogen and oxygen atoms in total. The van der Waals surface area contributed by atoms with Gasteiger partial charge in [-0.1, -0.05) is 63.2 Å². The summed E-state index contributed by atoms with van der Waals surface area (Å²) in [6, 6.07) is 13.3. The second-order valence-corrected chi connectivity index (χ2v) is 14.4. The lowest BCUT2D eigenvalue weighted by Gasteiger charge is -2.64. The van der Waals surface area contributed by atoms with E-state index in [2.05, 4.69) is 55.4 Å². The second-order valence-electron chi connectivity index (χ2n) is 14.4. The molecule has 2 bridgehead atoms. The maximum absolute atomic E-state index is 14.3. The maximum Gasteiger partial charge on any atom is 0.481 e. The highest BCUT2D eigenvalue weighted by atomic mass is 16.7. The largest absolute Gasteiger partial charge is 0.481 e. The fraction of sp³-hybridized carbons (Fsp3) is 0.529. The van der Waals surface area contributed by atoms with E-state index in [1.807, 2.05) is 36.5 Å². The van der Waals surface area contributed by atoms with Gasteiger partial charge in [-0.3, -0.25) is 9.59 Å². The molecule has 3 aliphatic carbocycles. The van der Waals surface area contributed by atoms with E-state index < -0.39 is 12.7 Å². The predicted octanol–water partition coefficient (Wildman–Crippen LogP) is 4.23. The number of aromatic nitrogens is 2. The van der Waals surface area contributed by atoms with Crippen molar-refractivity contribution in [1.82, 2.24) is 20.0 Å². The number of carbonyl (C=O) groups is 2. The van der Waals surface area contributed by atoms with Crippen LogP contribution in [-0.4, -0.2) is 63.8 Å². The fourth-order valence-electron chi connectivity index (χ4n) is 8.15. The Bertz CT molecular complexity index is 1640. The maximum atomic E-state index is 14.3. The van der Waals surface area contributed by atoms with Crippen molar-refractivity contribution in [2.45, 2.75) is 83.5 Å². The Labute approximate surface area is 264 Å². The van der Waals surface area contributed by atoms with Crippen LogP contribution in [0.3, 0.4) is 0 Å². The predicted molar refractivity (Wildman–Crippen MR) is 170 cm³/mol. The Balaban J connectivity index is 1.07. The van der Waals surface area contributed by atoms with Crippen molar-refractivity contribution in [1.29, 1.82) is 0 Å². The van der Waals surface area contributed by atoms with Crippen LogP contribution < -0.4 is 10.6 Å². The summed E-state index contributed by atoms with van der Waals surface area (Å²) >= 11 is 0. The van der Waals surface area contributed by atoms with Crippen LogP contribution in [-0.2, 0) is 25.4 Å². The quantitative estimate of drug-likeness (QED) is 0.350. The lowest BCUT2D eigenvalue weighted by molar-refractivity contribution is -0.199. The first-order valence-electron chi connectivity index (χ1n) is 16.1. The van der Waals surface area contributed by atoms with Gasteiger partial charge in [-0.25, -0.2) is 4.98 Å². The minimum absolute atomic E-state index is 0.0183. The number of rotatable bonds is 9. The van der Waals surface area contributed by atoms with Gasteiger partial charge in [-0.15, -0.1) is 0 Å². The van der Waals surface area contributed by atoms with E-state index in [9.17, 15) is 9.59 Å². The number of benzene rings is 1. The second kappa shape index (κ2) is 11.0.